The second-order valence-corrected chi connectivity index (χ2v) is 6.27. The van der Waals surface area contributed by atoms with Gasteiger partial charge in [-0.3, -0.25) is 4.79 Å². The van der Waals surface area contributed by atoms with Crippen LogP contribution in [-0.2, 0) is 4.79 Å². The van der Waals surface area contributed by atoms with Crippen LogP contribution in [0.1, 0.15) is 27.2 Å². The third-order valence-corrected chi connectivity index (χ3v) is 3.27. The van der Waals surface area contributed by atoms with E-state index in [0.29, 0.717) is 5.75 Å². The van der Waals surface area contributed by atoms with Crippen molar-refractivity contribution in [2.24, 2.45) is 5.41 Å². The maximum Gasteiger partial charge on any atom is 0.223 e. The summed E-state index contributed by atoms with van der Waals surface area (Å²) in [5.74, 6) is -0.335. The van der Waals surface area contributed by atoms with Crippen molar-refractivity contribution in [1.82, 2.24) is 5.32 Å². The Morgan fingerprint density at radius 3 is 2.71 bits per heavy atom. The Morgan fingerprint density at radius 2 is 2.14 bits per heavy atom. The minimum atomic E-state index is -0.617. The standard InChI is InChI=1S/C15H21ClFNO3/c1-15(2,3)13(19)9-18-14(20)6-7-21-12-5-4-10(17)8-11(12)16/h4-5,8,13,19H,6-7,9H2,1-3H3,(H,18,20). The topological polar surface area (TPSA) is 58.6 Å². The van der Waals surface area contributed by atoms with Crippen molar-refractivity contribution in [1.29, 1.82) is 0 Å². The lowest BCUT2D eigenvalue weighted by Crippen LogP contribution is -2.39. The fraction of sp³-hybridized carbons (Fsp3) is 0.533. The number of halogens is 2. The normalized spacial score (nSPS) is 12.9. The zero-order valence-electron chi connectivity index (χ0n) is 12.5. The van der Waals surface area contributed by atoms with E-state index in [1.54, 1.807) is 0 Å². The predicted molar refractivity (Wildman–Crippen MR) is 80.0 cm³/mol. The van der Waals surface area contributed by atoms with Gasteiger partial charge in [0.15, 0.2) is 0 Å². The van der Waals surface area contributed by atoms with Gasteiger partial charge in [-0.2, -0.15) is 0 Å². The lowest BCUT2D eigenvalue weighted by atomic mass is 9.89. The number of carbonyl (C=O) groups excluding carboxylic acids is 1. The first kappa shape index (κ1) is 17.7. The highest BCUT2D eigenvalue weighted by Crippen LogP contribution is 2.24. The maximum absolute atomic E-state index is 12.8. The highest BCUT2D eigenvalue weighted by atomic mass is 35.5. The van der Waals surface area contributed by atoms with Crippen LogP contribution in [0, 0.1) is 11.2 Å². The Kier molecular flexibility index (Phi) is 6.42. The first-order valence-electron chi connectivity index (χ1n) is 6.73. The minimum Gasteiger partial charge on any atom is -0.491 e. The van der Waals surface area contributed by atoms with Crippen LogP contribution in [0.5, 0.6) is 5.75 Å². The monoisotopic (exact) mass is 317 g/mol. The van der Waals surface area contributed by atoms with Crippen molar-refractivity contribution in [3.8, 4) is 5.75 Å². The van der Waals surface area contributed by atoms with E-state index >= 15 is 0 Å². The first-order valence-corrected chi connectivity index (χ1v) is 7.10. The van der Waals surface area contributed by atoms with E-state index in [4.69, 9.17) is 16.3 Å². The van der Waals surface area contributed by atoms with Gasteiger partial charge in [-0.15, -0.1) is 0 Å². The lowest BCUT2D eigenvalue weighted by molar-refractivity contribution is -0.122. The molecule has 0 aromatic heterocycles. The smallest absolute Gasteiger partial charge is 0.223 e. The summed E-state index contributed by atoms with van der Waals surface area (Å²) in [6, 6.07) is 3.80. The molecule has 0 aliphatic rings. The van der Waals surface area contributed by atoms with Gasteiger partial charge in [0.2, 0.25) is 5.91 Å². The van der Waals surface area contributed by atoms with Gasteiger partial charge in [-0.25, -0.2) is 4.39 Å². The number of aliphatic hydroxyl groups is 1. The van der Waals surface area contributed by atoms with E-state index < -0.39 is 11.9 Å². The summed E-state index contributed by atoms with van der Waals surface area (Å²) < 4.78 is 18.2. The van der Waals surface area contributed by atoms with E-state index in [-0.39, 0.29) is 35.9 Å². The molecule has 0 aliphatic heterocycles. The van der Waals surface area contributed by atoms with Crippen LogP contribution in [0.4, 0.5) is 4.39 Å². The summed E-state index contributed by atoms with van der Waals surface area (Å²) in [5, 5.41) is 12.6. The van der Waals surface area contributed by atoms with Gasteiger partial charge < -0.3 is 15.2 Å². The number of carbonyl (C=O) groups is 1. The van der Waals surface area contributed by atoms with E-state index in [1.807, 2.05) is 20.8 Å². The third kappa shape index (κ3) is 6.31. The van der Waals surface area contributed by atoms with E-state index in [2.05, 4.69) is 5.32 Å². The minimum absolute atomic E-state index is 0.128. The Balaban J connectivity index is 2.31. The Labute approximate surface area is 129 Å². The van der Waals surface area contributed by atoms with Gasteiger partial charge in [-0.05, 0) is 23.6 Å². The van der Waals surface area contributed by atoms with Crippen molar-refractivity contribution in [3.05, 3.63) is 29.0 Å². The van der Waals surface area contributed by atoms with Crippen LogP contribution in [0.2, 0.25) is 5.02 Å². The molecule has 1 aromatic rings. The quantitative estimate of drug-likeness (QED) is 0.848. The number of hydrogen-bond donors (Lipinski definition) is 2. The molecule has 4 nitrogen and oxygen atoms in total. The molecule has 2 N–H and O–H groups in total. The van der Waals surface area contributed by atoms with Crippen molar-refractivity contribution in [3.63, 3.8) is 0 Å². The lowest BCUT2D eigenvalue weighted by Gasteiger charge is -2.25. The van der Waals surface area contributed by atoms with Crippen LogP contribution in [-0.4, -0.2) is 30.3 Å². The number of nitrogens with one attached hydrogen (secondary N) is 1. The summed E-state index contributed by atoms with van der Waals surface area (Å²) in [5.41, 5.74) is -0.286. The van der Waals surface area contributed by atoms with Crippen LogP contribution in [0.25, 0.3) is 0 Å². The molecule has 0 saturated carbocycles. The molecule has 0 bridgehead atoms. The third-order valence-electron chi connectivity index (χ3n) is 2.97. The van der Waals surface area contributed by atoms with Gasteiger partial charge in [0, 0.05) is 6.54 Å². The van der Waals surface area contributed by atoms with E-state index in [0.717, 1.165) is 6.07 Å². The van der Waals surface area contributed by atoms with E-state index in [1.165, 1.54) is 12.1 Å². The predicted octanol–water partition coefficient (Wildman–Crippen LogP) is 2.77. The second-order valence-electron chi connectivity index (χ2n) is 5.86. The SMILES string of the molecule is CC(C)(C)C(O)CNC(=O)CCOc1ccc(F)cc1Cl. The molecular formula is C15H21ClFNO3. The molecule has 6 heteroatoms. The summed E-state index contributed by atoms with van der Waals surface area (Å²) >= 11 is 5.80. The zero-order valence-corrected chi connectivity index (χ0v) is 13.2. The van der Waals surface area contributed by atoms with Gasteiger partial charge in [0.1, 0.15) is 11.6 Å². The molecule has 1 rings (SSSR count). The highest BCUT2D eigenvalue weighted by Gasteiger charge is 2.22. The largest absolute Gasteiger partial charge is 0.491 e. The number of amides is 1. The molecule has 0 spiro atoms. The molecule has 118 valence electrons. The molecular weight excluding hydrogens is 297 g/mol. The van der Waals surface area contributed by atoms with Crippen LogP contribution < -0.4 is 10.1 Å². The molecule has 0 radical (unpaired) electrons. The van der Waals surface area contributed by atoms with Crippen molar-refractivity contribution >= 4 is 17.5 Å². The summed E-state index contributed by atoms with van der Waals surface area (Å²) in [6.07, 6.45) is -0.487. The zero-order chi connectivity index (χ0) is 16.0. The Morgan fingerprint density at radius 1 is 1.48 bits per heavy atom. The summed E-state index contributed by atoms with van der Waals surface area (Å²) in [6.45, 7) is 6.00. The first-order chi connectivity index (χ1) is 9.70. The Hall–Kier alpha value is -1.33. The average Bonchev–Trinajstić information content (AvgIpc) is 2.37. The van der Waals surface area contributed by atoms with Gasteiger partial charge in [0.25, 0.3) is 0 Å². The van der Waals surface area contributed by atoms with Crippen molar-refractivity contribution < 1.29 is 19.0 Å². The van der Waals surface area contributed by atoms with Crippen molar-refractivity contribution in [2.75, 3.05) is 13.2 Å². The fourth-order valence-corrected chi connectivity index (χ4v) is 1.67. The fourth-order valence-electron chi connectivity index (χ4n) is 1.45. The number of hydrogen-bond acceptors (Lipinski definition) is 3. The molecule has 21 heavy (non-hydrogen) atoms. The molecule has 0 saturated heterocycles. The second kappa shape index (κ2) is 7.61. The number of benzene rings is 1. The van der Waals surface area contributed by atoms with Crippen molar-refractivity contribution in [2.45, 2.75) is 33.3 Å². The van der Waals surface area contributed by atoms with Crippen LogP contribution in [0.3, 0.4) is 0 Å². The molecule has 0 heterocycles. The maximum atomic E-state index is 12.8. The Bertz CT molecular complexity index is 488. The van der Waals surface area contributed by atoms with Crippen LogP contribution >= 0.6 is 11.6 Å². The molecule has 1 unspecified atom stereocenters. The highest BCUT2D eigenvalue weighted by molar-refractivity contribution is 6.32. The van der Waals surface area contributed by atoms with E-state index in [9.17, 15) is 14.3 Å². The van der Waals surface area contributed by atoms with Gasteiger partial charge in [-0.1, -0.05) is 32.4 Å². The molecule has 1 amide bonds. The summed E-state index contributed by atoms with van der Waals surface area (Å²) in [7, 11) is 0. The number of ether oxygens (including phenoxy) is 1. The van der Waals surface area contributed by atoms with Gasteiger partial charge >= 0.3 is 0 Å². The van der Waals surface area contributed by atoms with Crippen LogP contribution in [0.15, 0.2) is 18.2 Å². The molecule has 1 atom stereocenters. The number of rotatable bonds is 6. The molecule has 1 aromatic carbocycles. The number of aliphatic hydroxyl groups excluding tert-OH is 1. The molecule has 0 aliphatic carbocycles. The van der Waals surface area contributed by atoms with Gasteiger partial charge in [0.05, 0.1) is 24.2 Å². The molecule has 0 fully saturated rings. The average molecular weight is 318 g/mol. The summed E-state index contributed by atoms with van der Waals surface area (Å²) in [4.78, 5) is 11.6.